The third kappa shape index (κ3) is 3.29. The van der Waals surface area contributed by atoms with Crippen LogP contribution in [0.2, 0.25) is 0 Å². The van der Waals surface area contributed by atoms with Crippen LogP contribution in [0, 0.1) is 0 Å². The van der Waals surface area contributed by atoms with Gasteiger partial charge in [-0.25, -0.2) is 4.79 Å². The lowest BCUT2D eigenvalue weighted by molar-refractivity contribution is 0.0697. The van der Waals surface area contributed by atoms with Crippen molar-refractivity contribution >= 4 is 29.3 Å². The van der Waals surface area contributed by atoms with Crippen LogP contribution in [-0.4, -0.2) is 17.0 Å². The first kappa shape index (κ1) is 11.6. The Morgan fingerprint density at radius 3 is 2.87 bits per heavy atom. The predicted molar refractivity (Wildman–Crippen MR) is 62.2 cm³/mol. The Morgan fingerprint density at radius 2 is 2.27 bits per heavy atom. The number of alkyl halides is 1. The molecule has 1 aromatic rings. The van der Waals surface area contributed by atoms with Crippen LogP contribution in [-0.2, 0) is 0 Å². The van der Waals surface area contributed by atoms with Crippen LogP contribution < -0.4 is 5.73 Å². The summed E-state index contributed by atoms with van der Waals surface area (Å²) in [5.41, 5.74) is 7.20. The molecule has 0 bridgehead atoms. The minimum atomic E-state index is -0.956. The monoisotopic (exact) mass is 225 g/mol. The highest BCUT2D eigenvalue weighted by Crippen LogP contribution is 2.16. The molecule has 0 atom stereocenters. The fourth-order valence-electron chi connectivity index (χ4n) is 1.13. The van der Waals surface area contributed by atoms with Gasteiger partial charge in [-0.3, -0.25) is 0 Å². The van der Waals surface area contributed by atoms with Gasteiger partial charge in [-0.05, 0) is 30.2 Å². The van der Waals surface area contributed by atoms with Crippen molar-refractivity contribution in [3.8, 4) is 0 Å². The van der Waals surface area contributed by atoms with Gasteiger partial charge in [0.05, 0.1) is 5.56 Å². The molecule has 0 aromatic heterocycles. The molecule has 3 N–H and O–H groups in total. The SMILES string of the molecule is Nc1ccc(C(=O)O)cc1C=CCCCl. The number of allylic oxidation sites excluding steroid dienone is 1. The Hall–Kier alpha value is -1.48. The van der Waals surface area contributed by atoms with Gasteiger partial charge in [0.1, 0.15) is 0 Å². The van der Waals surface area contributed by atoms with E-state index >= 15 is 0 Å². The quantitative estimate of drug-likeness (QED) is 0.612. The number of nitrogen functional groups attached to an aromatic ring is 1. The molecule has 15 heavy (non-hydrogen) atoms. The van der Waals surface area contributed by atoms with Crippen molar-refractivity contribution in [1.82, 2.24) is 0 Å². The lowest BCUT2D eigenvalue weighted by atomic mass is 10.1. The molecule has 3 nitrogen and oxygen atoms in total. The number of nitrogens with two attached hydrogens (primary N) is 1. The molecule has 0 radical (unpaired) electrons. The predicted octanol–water partition coefficient (Wildman–Crippen LogP) is 2.61. The third-order valence-corrected chi connectivity index (χ3v) is 2.13. The fourth-order valence-corrected chi connectivity index (χ4v) is 1.25. The number of rotatable bonds is 4. The van der Waals surface area contributed by atoms with Crippen LogP contribution in [0.1, 0.15) is 22.3 Å². The lowest BCUT2D eigenvalue weighted by Gasteiger charge is -2.01. The molecule has 0 spiro atoms. The first-order valence-electron chi connectivity index (χ1n) is 4.50. The van der Waals surface area contributed by atoms with E-state index in [0.717, 1.165) is 6.42 Å². The molecule has 80 valence electrons. The highest BCUT2D eigenvalue weighted by Gasteiger charge is 2.04. The van der Waals surface area contributed by atoms with Gasteiger partial charge in [-0.15, -0.1) is 11.6 Å². The highest BCUT2D eigenvalue weighted by atomic mass is 35.5. The second kappa shape index (κ2) is 5.41. The summed E-state index contributed by atoms with van der Waals surface area (Å²) in [5, 5.41) is 8.79. The van der Waals surface area contributed by atoms with Crippen molar-refractivity contribution in [3.63, 3.8) is 0 Å². The Labute approximate surface area is 93.2 Å². The zero-order valence-corrected chi connectivity index (χ0v) is 8.87. The summed E-state index contributed by atoms with van der Waals surface area (Å²) in [7, 11) is 0. The number of aromatic carboxylic acids is 1. The topological polar surface area (TPSA) is 63.3 Å². The molecule has 0 fully saturated rings. The van der Waals surface area contributed by atoms with Crippen molar-refractivity contribution in [3.05, 3.63) is 35.4 Å². The Morgan fingerprint density at radius 1 is 1.53 bits per heavy atom. The maximum absolute atomic E-state index is 10.7. The van der Waals surface area contributed by atoms with Crippen molar-refractivity contribution < 1.29 is 9.90 Å². The van der Waals surface area contributed by atoms with Crippen LogP contribution in [0.25, 0.3) is 6.08 Å². The molecule has 0 aliphatic carbocycles. The highest BCUT2D eigenvalue weighted by molar-refractivity contribution is 6.17. The number of carboxylic acid groups (broad SMARTS) is 1. The standard InChI is InChI=1S/C11H12ClNO2/c12-6-2-1-3-8-7-9(11(14)15)4-5-10(8)13/h1,3-5,7H,2,6,13H2,(H,14,15). The normalized spacial score (nSPS) is 10.7. The number of carbonyl (C=O) groups is 1. The van der Waals surface area contributed by atoms with E-state index in [0.29, 0.717) is 17.1 Å². The molecule has 1 aromatic carbocycles. The van der Waals surface area contributed by atoms with Gasteiger partial charge in [0.25, 0.3) is 0 Å². The maximum Gasteiger partial charge on any atom is 0.335 e. The molecule has 0 aliphatic heterocycles. The molecule has 0 saturated carbocycles. The largest absolute Gasteiger partial charge is 0.478 e. The van der Waals surface area contributed by atoms with Gasteiger partial charge in [0.15, 0.2) is 0 Å². The van der Waals surface area contributed by atoms with E-state index in [1.54, 1.807) is 18.2 Å². The molecular weight excluding hydrogens is 214 g/mol. The summed E-state index contributed by atoms with van der Waals surface area (Å²) < 4.78 is 0. The van der Waals surface area contributed by atoms with Crippen molar-refractivity contribution in [1.29, 1.82) is 0 Å². The second-order valence-corrected chi connectivity index (χ2v) is 3.41. The molecule has 4 heteroatoms. The van der Waals surface area contributed by atoms with Gasteiger partial charge >= 0.3 is 5.97 Å². The van der Waals surface area contributed by atoms with E-state index in [1.165, 1.54) is 6.07 Å². The van der Waals surface area contributed by atoms with Crippen LogP contribution in [0.5, 0.6) is 0 Å². The Bertz CT molecular complexity index is 388. The van der Waals surface area contributed by atoms with Crippen LogP contribution in [0.4, 0.5) is 5.69 Å². The summed E-state index contributed by atoms with van der Waals surface area (Å²) in [4.78, 5) is 10.7. The number of halogens is 1. The van der Waals surface area contributed by atoms with Crippen molar-refractivity contribution in [2.45, 2.75) is 6.42 Å². The van der Waals surface area contributed by atoms with Gasteiger partial charge in [0.2, 0.25) is 0 Å². The zero-order valence-electron chi connectivity index (χ0n) is 8.11. The smallest absolute Gasteiger partial charge is 0.335 e. The lowest BCUT2D eigenvalue weighted by Crippen LogP contribution is -1.98. The average molecular weight is 226 g/mol. The number of hydrogen-bond donors (Lipinski definition) is 2. The number of anilines is 1. The van der Waals surface area contributed by atoms with E-state index in [-0.39, 0.29) is 5.56 Å². The molecule has 0 amide bonds. The van der Waals surface area contributed by atoms with Gasteiger partial charge < -0.3 is 10.8 Å². The van der Waals surface area contributed by atoms with Gasteiger partial charge in [0, 0.05) is 11.6 Å². The maximum atomic E-state index is 10.7. The molecular formula is C11H12ClNO2. The Kier molecular flexibility index (Phi) is 4.18. The summed E-state index contributed by atoms with van der Waals surface area (Å²) in [5.74, 6) is -0.420. The molecule has 1 rings (SSSR count). The summed E-state index contributed by atoms with van der Waals surface area (Å²) >= 11 is 5.51. The summed E-state index contributed by atoms with van der Waals surface area (Å²) in [6, 6.07) is 4.61. The van der Waals surface area contributed by atoms with Crippen molar-refractivity contribution in [2.24, 2.45) is 0 Å². The molecule has 0 aliphatic rings. The van der Waals surface area contributed by atoms with E-state index in [4.69, 9.17) is 22.4 Å². The summed E-state index contributed by atoms with van der Waals surface area (Å²) in [6.07, 6.45) is 4.38. The van der Waals surface area contributed by atoms with E-state index in [2.05, 4.69) is 0 Å². The fraction of sp³-hybridized carbons (Fsp3) is 0.182. The first-order valence-corrected chi connectivity index (χ1v) is 5.04. The molecule has 0 heterocycles. The zero-order chi connectivity index (χ0) is 11.3. The average Bonchev–Trinajstić information content (AvgIpc) is 2.20. The second-order valence-electron chi connectivity index (χ2n) is 3.03. The van der Waals surface area contributed by atoms with Crippen LogP contribution in [0.15, 0.2) is 24.3 Å². The minimum absolute atomic E-state index is 0.231. The van der Waals surface area contributed by atoms with E-state index < -0.39 is 5.97 Å². The van der Waals surface area contributed by atoms with E-state index in [9.17, 15) is 4.79 Å². The number of hydrogen-bond acceptors (Lipinski definition) is 2. The number of carboxylic acids is 1. The van der Waals surface area contributed by atoms with Crippen LogP contribution in [0.3, 0.4) is 0 Å². The van der Waals surface area contributed by atoms with E-state index in [1.807, 2.05) is 6.08 Å². The first-order chi connectivity index (χ1) is 7.15. The van der Waals surface area contributed by atoms with Gasteiger partial charge in [-0.2, -0.15) is 0 Å². The number of benzene rings is 1. The van der Waals surface area contributed by atoms with Crippen molar-refractivity contribution in [2.75, 3.05) is 11.6 Å². The van der Waals surface area contributed by atoms with Crippen LogP contribution >= 0.6 is 11.6 Å². The Balaban J connectivity index is 2.95. The molecule has 0 saturated heterocycles. The summed E-state index contributed by atoms with van der Waals surface area (Å²) in [6.45, 7) is 0. The minimum Gasteiger partial charge on any atom is -0.478 e. The third-order valence-electron chi connectivity index (χ3n) is 1.91. The van der Waals surface area contributed by atoms with Gasteiger partial charge in [-0.1, -0.05) is 12.2 Å². The molecule has 0 unspecified atom stereocenters.